The molecule has 0 saturated carbocycles. The third-order valence-electron chi connectivity index (χ3n) is 3.18. The molecular weight excluding hydrogens is 328 g/mol. The van der Waals surface area contributed by atoms with Gasteiger partial charge in [-0.25, -0.2) is 0 Å². The quantitative estimate of drug-likeness (QED) is 0.856. The van der Waals surface area contributed by atoms with Crippen molar-refractivity contribution >= 4 is 27.5 Å². The molecule has 1 aliphatic carbocycles. The summed E-state index contributed by atoms with van der Waals surface area (Å²) in [5.41, 5.74) is 0.852. The van der Waals surface area contributed by atoms with E-state index in [1.54, 1.807) is 13.8 Å². The lowest BCUT2D eigenvalue weighted by Crippen LogP contribution is -2.19. The Balaban J connectivity index is 2.65. The molecule has 0 bridgehead atoms. The van der Waals surface area contributed by atoms with Crippen molar-refractivity contribution in [3.63, 3.8) is 0 Å². The summed E-state index contributed by atoms with van der Waals surface area (Å²) in [6.07, 6.45) is 0. The van der Waals surface area contributed by atoms with E-state index in [4.69, 9.17) is 9.47 Å². The first kappa shape index (κ1) is 14.7. The van der Waals surface area contributed by atoms with Crippen LogP contribution in [0.4, 0.5) is 0 Å². The van der Waals surface area contributed by atoms with Crippen LogP contribution < -0.4 is 4.74 Å². The van der Waals surface area contributed by atoms with E-state index < -0.39 is 5.78 Å². The van der Waals surface area contributed by atoms with E-state index in [1.807, 2.05) is 0 Å². The fourth-order valence-corrected chi connectivity index (χ4v) is 2.38. The molecule has 0 radical (unpaired) electrons. The zero-order valence-corrected chi connectivity index (χ0v) is 12.8. The number of phenolic OH excluding ortho intramolecular Hbond substituents is 1. The van der Waals surface area contributed by atoms with E-state index in [1.165, 1.54) is 13.2 Å². The summed E-state index contributed by atoms with van der Waals surface area (Å²) in [7, 11) is 1.46. The van der Waals surface area contributed by atoms with Crippen molar-refractivity contribution < 1.29 is 24.2 Å². The van der Waals surface area contributed by atoms with Gasteiger partial charge in [-0.2, -0.15) is 0 Å². The van der Waals surface area contributed by atoms with Gasteiger partial charge in [0, 0.05) is 23.8 Å². The van der Waals surface area contributed by atoms with Gasteiger partial charge in [-0.1, -0.05) is 0 Å². The Morgan fingerprint density at radius 2 is 1.90 bits per heavy atom. The number of Topliss-reactive ketones (excluding diaryl/α,β-unsaturated/α-hetero) is 2. The Kier molecular flexibility index (Phi) is 3.96. The van der Waals surface area contributed by atoms with Gasteiger partial charge in [-0.05, 0) is 35.8 Å². The highest BCUT2D eigenvalue weighted by atomic mass is 79.9. The molecule has 2 rings (SSSR count). The molecule has 0 atom stereocenters. The second-order valence-electron chi connectivity index (χ2n) is 4.42. The predicted octanol–water partition coefficient (Wildman–Crippen LogP) is 2.73. The van der Waals surface area contributed by atoms with Crippen LogP contribution in [-0.4, -0.2) is 30.6 Å². The highest BCUT2D eigenvalue weighted by molar-refractivity contribution is 9.12. The molecule has 0 spiro atoms. The van der Waals surface area contributed by atoms with Crippen molar-refractivity contribution in [2.24, 2.45) is 0 Å². The molecule has 0 fully saturated rings. The van der Waals surface area contributed by atoms with Crippen molar-refractivity contribution in [2.45, 2.75) is 13.8 Å². The Hall–Kier alpha value is -1.66. The summed E-state index contributed by atoms with van der Waals surface area (Å²) in [5.74, 6) is -0.647. The van der Waals surface area contributed by atoms with Crippen LogP contribution in [0.5, 0.6) is 11.5 Å². The second-order valence-corrected chi connectivity index (χ2v) is 5.21. The van der Waals surface area contributed by atoms with Gasteiger partial charge in [0.25, 0.3) is 0 Å². The first-order valence-corrected chi connectivity index (χ1v) is 6.63. The fourth-order valence-electron chi connectivity index (χ4n) is 2.01. The van der Waals surface area contributed by atoms with Gasteiger partial charge in [-0.15, -0.1) is 0 Å². The number of carbonyl (C=O) groups excluding carboxylic acids is 2. The number of rotatable bonds is 3. The molecule has 0 amide bonds. The number of hydrogen-bond donors (Lipinski definition) is 1. The number of ether oxygens (including phenoxy) is 2. The number of ketones is 2. The second kappa shape index (κ2) is 5.38. The molecule has 0 heterocycles. The first-order chi connectivity index (χ1) is 9.40. The average Bonchev–Trinajstić information content (AvgIpc) is 2.44. The number of aromatic hydroxyl groups is 1. The number of benzene rings is 1. The van der Waals surface area contributed by atoms with Crippen LogP contribution in [0.15, 0.2) is 16.1 Å². The van der Waals surface area contributed by atoms with E-state index >= 15 is 0 Å². The van der Waals surface area contributed by atoms with E-state index in [2.05, 4.69) is 15.9 Å². The monoisotopic (exact) mass is 340 g/mol. The van der Waals surface area contributed by atoms with Gasteiger partial charge in [0.05, 0.1) is 10.0 Å². The minimum absolute atomic E-state index is 0.00902. The molecule has 106 valence electrons. The molecular formula is C14H13BrO5. The van der Waals surface area contributed by atoms with Crippen LogP contribution in [0.25, 0.3) is 0 Å². The number of hydrogen-bond acceptors (Lipinski definition) is 5. The molecule has 0 aliphatic heterocycles. The van der Waals surface area contributed by atoms with E-state index in [9.17, 15) is 14.7 Å². The highest BCUT2D eigenvalue weighted by Crippen LogP contribution is 2.40. The summed E-state index contributed by atoms with van der Waals surface area (Å²) in [6.45, 7) is 3.15. The van der Waals surface area contributed by atoms with Gasteiger partial charge in [0.15, 0.2) is 12.6 Å². The van der Waals surface area contributed by atoms with Crippen LogP contribution in [0, 0.1) is 6.92 Å². The fraction of sp³-hybridized carbons (Fsp3) is 0.286. The summed E-state index contributed by atoms with van der Waals surface area (Å²) >= 11 is 3.10. The maximum Gasteiger partial charge on any atom is 0.204 e. The summed E-state index contributed by atoms with van der Waals surface area (Å²) < 4.78 is 10.3. The SMILES string of the molecule is COCOc1cc2c(c(O)c1C)C(=O)C(Br)=C(C)C2=O. The number of carbonyl (C=O) groups is 2. The van der Waals surface area contributed by atoms with Crippen LogP contribution >= 0.6 is 15.9 Å². The minimum Gasteiger partial charge on any atom is -0.507 e. The van der Waals surface area contributed by atoms with E-state index in [0.29, 0.717) is 16.9 Å². The molecule has 1 aromatic rings. The minimum atomic E-state index is -0.406. The lowest BCUT2D eigenvalue weighted by molar-refractivity contribution is 0.0503. The van der Waals surface area contributed by atoms with Crippen LogP contribution in [0.2, 0.25) is 0 Å². The number of methoxy groups -OCH3 is 1. The van der Waals surface area contributed by atoms with Gasteiger partial charge in [-0.3, -0.25) is 9.59 Å². The Morgan fingerprint density at radius 1 is 1.25 bits per heavy atom. The maximum absolute atomic E-state index is 12.2. The lowest BCUT2D eigenvalue weighted by atomic mass is 9.88. The predicted molar refractivity (Wildman–Crippen MR) is 75.6 cm³/mol. The Morgan fingerprint density at radius 3 is 2.50 bits per heavy atom. The number of fused-ring (bicyclic) bond motifs is 1. The Bertz CT molecular complexity index is 645. The normalized spacial score (nSPS) is 14.6. The molecule has 0 saturated heterocycles. The van der Waals surface area contributed by atoms with Gasteiger partial charge in [0.1, 0.15) is 11.5 Å². The van der Waals surface area contributed by atoms with Gasteiger partial charge in [0.2, 0.25) is 5.78 Å². The van der Waals surface area contributed by atoms with Crippen LogP contribution in [-0.2, 0) is 4.74 Å². The topological polar surface area (TPSA) is 72.8 Å². The van der Waals surface area contributed by atoms with Crippen molar-refractivity contribution in [1.82, 2.24) is 0 Å². The largest absolute Gasteiger partial charge is 0.507 e. The summed E-state index contributed by atoms with van der Waals surface area (Å²) in [6, 6.07) is 1.46. The highest BCUT2D eigenvalue weighted by Gasteiger charge is 2.33. The third-order valence-corrected chi connectivity index (χ3v) is 4.13. The van der Waals surface area contributed by atoms with Crippen LogP contribution in [0.3, 0.4) is 0 Å². The molecule has 6 heteroatoms. The summed E-state index contributed by atoms with van der Waals surface area (Å²) in [4.78, 5) is 24.4. The van der Waals surface area contributed by atoms with E-state index in [0.717, 1.165) is 0 Å². The third kappa shape index (κ3) is 2.14. The molecule has 0 aromatic heterocycles. The van der Waals surface area contributed by atoms with Gasteiger partial charge >= 0.3 is 0 Å². The average molecular weight is 341 g/mol. The van der Waals surface area contributed by atoms with Crippen molar-refractivity contribution in [2.75, 3.05) is 13.9 Å². The zero-order valence-electron chi connectivity index (χ0n) is 11.2. The van der Waals surface area contributed by atoms with Crippen molar-refractivity contribution in [3.8, 4) is 11.5 Å². The number of halogens is 1. The zero-order chi connectivity index (χ0) is 15.0. The standard InChI is InChI=1S/C14H13BrO5/c1-6-9(20-5-19-3)4-8-10(13(6)17)14(18)11(15)7(2)12(8)16/h4,17H,5H2,1-3H3. The Labute approximate surface area is 124 Å². The molecule has 1 aromatic carbocycles. The molecule has 0 unspecified atom stereocenters. The molecule has 5 nitrogen and oxygen atoms in total. The lowest BCUT2D eigenvalue weighted by Gasteiger charge is -2.20. The molecule has 20 heavy (non-hydrogen) atoms. The summed E-state index contributed by atoms with van der Waals surface area (Å²) in [5, 5.41) is 10.2. The number of phenols is 1. The van der Waals surface area contributed by atoms with E-state index in [-0.39, 0.29) is 33.9 Å². The van der Waals surface area contributed by atoms with Crippen molar-refractivity contribution in [1.29, 1.82) is 0 Å². The molecule has 1 N–H and O–H groups in total. The molecule has 1 aliphatic rings. The number of allylic oxidation sites excluding steroid dienone is 2. The van der Waals surface area contributed by atoms with Crippen LogP contribution in [0.1, 0.15) is 33.2 Å². The van der Waals surface area contributed by atoms with Gasteiger partial charge < -0.3 is 14.6 Å². The first-order valence-electron chi connectivity index (χ1n) is 5.84. The maximum atomic E-state index is 12.2. The van der Waals surface area contributed by atoms with Crippen molar-refractivity contribution in [3.05, 3.63) is 32.8 Å². The smallest absolute Gasteiger partial charge is 0.204 e.